The number of nitrogens with zero attached hydrogens (tertiary/aromatic N) is 4. The van der Waals surface area contributed by atoms with E-state index in [9.17, 15) is 14.4 Å². The van der Waals surface area contributed by atoms with Crippen molar-refractivity contribution in [3.8, 4) is 0 Å². The molecule has 3 amide bonds. The lowest BCUT2D eigenvalue weighted by atomic mass is 10.0. The van der Waals surface area contributed by atoms with E-state index in [4.69, 9.17) is 4.52 Å². The molecule has 9 heteroatoms. The number of anilines is 1. The van der Waals surface area contributed by atoms with Crippen LogP contribution in [0.15, 0.2) is 53.1 Å². The highest BCUT2D eigenvalue weighted by Crippen LogP contribution is 2.44. The molecule has 9 nitrogen and oxygen atoms in total. The normalized spacial score (nSPS) is 16.6. The number of amides is 3. The first-order valence-corrected chi connectivity index (χ1v) is 10.4. The van der Waals surface area contributed by atoms with Crippen molar-refractivity contribution in [3.05, 3.63) is 76.9 Å². The largest absolute Gasteiger partial charge is 0.355 e. The smallest absolute Gasteiger partial charge is 0.260 e. The van der Waals surface area contributed by atoms with Gasteiger partial charge in [0.2, 0.25) is 11.8 Å². The Kier molecular flexibility index (Phi) is 4.93. The summed E-state index contributed by atoms with van der Waals surface area (Å²) in [5.74, 6) is 0.352. The SMILES string of the molecule is Cc1noc(CCCNC(=O)CN2C(=O)c3ccccc3N3C(=O)c4ccccc4[C@H]23)n1. The number of benzene rings is 2. The minimum atomic E-state index is -0.645. The van der Waals surface area contributed by atoms with Gasteiger partial charge in [-0.2, -0.15) is 4.98 Å². The molecule has 162 valence electrons. The zero-order valence-corrected chi connectivity index (χ0v) is 17.4. The summed E-state index contributed by atoms with van der Waals surface area (Å²) >= 11 is 0. The maximum atomic E-state index is 13.3. The Morgan fingerprint density at radius 3 is 2.59 bits per heavy atom. The van der Waals surface area contributed by atoms with E-state index in [-0.39, 0.29) is 24.3 Å². The number of rotatable bonds is 6. The molecule has 1 atom stereocenters. The number of carbonyl (C=O) groups excluding carboxylic acids is 3. The fraction of sp³-hybridized carbons (Fsp3) is 0.261. The summed E-state index contributed by atoms with van der Waals surface area (Å²) in [4.78, 5) is 46.4. The molecule has 2 aromatic carbocycles. The monoisotopic (exact) mass is 431 g/mol. The number of aryl methyl sites for hydroxylation is 2. The summed E-state index contributed by atoms with van der Waals surface area (Å²) in [6.07, 6.45) is 0.532. The van der Waals surface area contributed by atoms with Crippen LogP contribution < -0.4 is 10.2 Å². The van der Waals surface area contributed by atoms with Crippen molar-refractivity contribution in [3.63, 3.8) is 0 Å². The van der Waals surface area contributed by atoms with E-state index in [0.717, 1.165) is 5.56 Å². The lowest BCUT2D eigenvalue weighted by Gasteiger charge is -2.40. The molecule has 2 aliphatic heterocycles. The van der Waals surface area contributed by atoms with Gasteiger partial charge in [-0.15, -0.1) is 0 Å². The van der Waals surface area contributed by atoms with Gasteiger partial charge in [-0.25, -0.2) is 0 Å². The summed E-state index contributed by atoms with van der Waals surface area (Å²) < 4.78 is 5.07. The van der Waals surface area contributed by atoms with Gasteiger partial charge in [0.15, 0.2) is 5.82 Å². The van der Waals surface area contributed by atoms with E-state index in [1.54, 1.807) is 48.2 Å². The fourth-order valence-corrected chi connectivity index (χ4v) is 4.25. The first-order valence-electron chi connectivity index (χ1n) is 10.4. The molecule has 3 aromatic rings. The molecule has 1 aromatic heterocycles. The van der Waals surface area contributed by atoms with E-state index in [1.165, 1.54) is 4.90 Å². The van der Waals surface area contributed by atoms with E-state index >= 15 is 0 Å². The summed E-state index contributed by atoms with van der Waals surface area (Å²) in [7, 11) is 0. The number of hydrogen-bond acceptors (Lipinski definition) is 6. The zero-order valence-electron chi connectivity index (χ0n) is 17.4. The average Bonchev–Trinajstić information content (AvgIpc) is 3.35. The topological polar surface area (TPSA) is 109 Å². The van der Waals surface area contributed by atoms with Gasteiger partial charge in [0, 0.05) is 24.1 Å². The van der Waals surface area contributed by atoms with Crippen LogP contribution in [-0.4, -0.2) is 45.9 Å². The van der Waals surface area contributed by atoms with Crippen LogP contribution in [0.2, 0.25) is 0 Å². The lowest BCUT2D eigenvalue weighted by Crippen LogP contribution is -2.51. The van der Waals surface area contributed by atoms with Gasteiger partial charge in [0.05, 0.1) is 11.3 Å². The summed E-state index contributed by atoms with van der Waals surface area (Å²) in [6.45, 7) is 2.00. The number of nitrogens with one attached hydrogen (secondary N) is 1. The second-order valence-corrected chi connectivity index (χ2v) is 7.78. The highest BCUT2D eigenvalue weighted by Gasteiger charge is 2.47. The standard InChI is InChI=1S/C23H21N5O4/c1-14-25-20(32-26-14)11-6-12-24-19(29)13-27-21-15-7-2-3-8-16(15)23(31)28(21)18-10-5-4-9-17(18)22(27)30/h2-5,7-10,21H,6,11-13H2,1H3,(H,24,29)/t21-/m1/s1. The van der Waals surface area contributed by atoms with Gasteiger partial charge in [-0.3, -0.25) is 19.3 Å². The molecule has 0 spiro atoms. The van der Waals surface area contributed by atoms with Gasteiger partial charge in [0.25, 0.3) is 11.8 Å². The van der Waals surface area contributed by atoms with Gasteiger partial charge in [-0.1, -0.05) is 35.5 Å². The summed E-state index contributed by atoms with van der Waals surface area (Å²) in [5.41, 5.74) is 2.24. The van der Waals surface area contributed by atoms with Crippen LogP contribution in [-0.2, 0) is 11.2 Å². The van der Waals surface area contributed by atoms with Crippen LogP contribution >= 0.6 is 0 Å². The molecule has 0 bridgehead atoms. The third-order valence-corrected chi connectivity index (χ3v) is 5.66. The highest BCUT2D eigenvalue weighted by atomic mass is 16.5. The molecule has 1 N–H and O–H groups in total. The maximum Gasteiger partial charge on any atom is 0.260 e. The minimum absolute atomic E-state index is 0.157. The first-order chi connectivity index (χ1) is 15.5. The van der Waals surface area contributed by atoms with Gasteiger partial charge in [0.1, 0.15) is 12.7 Å². The van der Waals surface area contributed by atoms with Crippen molar-refractivity contribution in [2.24, 2.45) is 0 Å². The first kappa shape index (κ1) is 19.9. The van der Waals surface area contributed by atoms with Gasteiger partial charge >= 0.3 is 0 Å². The molecule has 0 unspecified atom stereocenters. The third kappa shape index (κ3) is 3.31. The van der Waals surface area contributed by atoms with Crippen LogP contribution in [0, 0.1) is 6.92 Å². The molecule has 32 heavy (non-hydrogen) atoms. The Balaban J connectivity index is 1.34. The number of para-hydroxylation sites is 1. The maximum absolute atomic E-state index is 13.3. The third-order valence-electron chi connectivity index (χ3n) is 5.66. The van der Waals surface area contributed by atoms with Crippen molar-refractivity contribution < 1.29 is 18.9 Å². The predicted octanol–water partition coefficient (Wildman–Crippen LogP) is 2.24. The van der Waals surface area contributed by atoms with Crippen LogP contribution in [0.1, 0.15) is 50.6 Å². The Hall–Kier alpha value is -4.01. The van der Waals surface area contributed by atoms with Crippen molar-refractivity contribution >= 4 is 23.4 Å². The Labute approximate surface area is 184 Å². The summed E-state index contributed by atoms with van der Waals surface area (Å²) in [5, 5.41) is 6.58. The molecule has 2 aliphatic rings. The number of carbonyl (C=O) groups is 3. The molecule has 5 rings (SSSR count). The molecular weight excluding hydrogens is 410 g/mol. The molecular formula is C23H21N5O4. The predicted molar refractivity (Wildman–Crippen MR) is 114 cm³/mol. The fourth-order valence-electron chi connectivity index (χ4n) is 4.25. The Bertz CT molecular complexity index is 1220. The van der Waals surface area contributed by atoms with Gasteiger partial charge < -0.3 is 14.7 Å². The Morgan fingerprint density at radius 1 is 1.06 bits per heavy atom. The zero-order chi connectivity index (χ0) is 22.2. The van der Waals surface area contributed by atoms with Crippen molar-refractivity contribution in [1.29, 1.82) is 0 Å². The van der Waals surface area contributed by atoms with Crippen molar-refractivity contribution in [2.45, 2.75) is 25.9 Å². The molecule has 0 fully saturated rings. The molecule has 0 aliphatic carbocycles. The highest BCUT2D eigenvalue weighted by molar-refractivity contribution is 6.17. The van der Waals surface area contributed by atoms with E-state index in [0.29, 0.717) is 47.9 Å². The van der Waals surface area contributed by atoms with Crippen LogP contribution in [0.3, 0.4) is 0 Å². The minimum Gasteiger partial charge on any atom is -0.355 e. The van der Waals surface area contributed by atoms with Gasteiger partial charge in [-0.05, 0) is 31.5 Å². The quantitative estimate of drug-likeness (QED) is 0.600. The second-order valence-electron chi connectivity index (χ2n) is 7.78. The van der Waals surface area contributed by atoms with E-state index in [1.807, 2.05) is 12.1 Å². The van der Waals surface area contributed by atoms with E-state index in [2.05, 4.69) is 15.5 Å². The van der Waals surface area contributed by atoms with E-state index < -0.39 is 6.17 Å². The molecule has 0 radical (unpaired) electrons. The molecule has 0 saturated carbocycles. The van der Waals surface area contributed by atoms with Crippen molar-refractivity contribution in [1.82, 2.24) is 20.4 Å². The van der Waals surface area contributed by atoms with Crippen LogP contribution in [0.4, 0.5) is 5.69 Å². The average molecular weight is 431 g/mol. The van der Waals surface area contributed by atoms with Crippen molar-refractivity contribution in [2.75, 3.05) is 18.0 Å². The van der Waals surface area contributed by atoms with Crippen LogP contribution in [0.5, 0.6) is 0 Å². The molecule has 3 heterocycles. The summed E-state index contributed by atoms with van der Waals surface area (Å²) in [6, 6.07) is 14.2. The number of fused-ring (bicyclic) bond motifs is 5. The van der Waals surface area contributed by atoms with Crippen LogP contribution in [0.25, 0.3) is 0 Å². The lowest BCUT2D eigenvalue weighted by molar-refractivity contribution is -0.122. The molecule has 0 saturated heterocycles. The second kappa shape index (κ2) is 7.92. The number of aromatic nitrogens is 2. The Morgan fingerprint density at radius 2 is 1.81 bits per heavy atom. The number of hydrogen-bond donors (Lipinski definition) is 1.